The molecule has 0 aromatic heterocycles. The van der Waals surface area contributed by atoms with Gasteiger partial charge in [0.2, 0.25) is 0 Å². The molecule has 0 spiro atoms. The number of carbonyl (C=O) groups is 1. The predicted octanol–water partition coefficient (Wildman–Crippen LogP) is 6.96. The molecule has 2 heteroatoms. The summed E-state index contributed by atoms with van der Waals surface area (Å²) in [6, 6.07) is 0. The van der Waals surface area contributed by atoms with E-state index in [4.69, 9.17) is 0 Å². The summed E-state index contributed by atoms with van der Waals surface area (Å²) in [4.78, 5) is 14.1. The van der Waals surface area contributed by atoms with Gasteiger partial charge in [0, 0.05) is 5.92 Å². The second kappa shape index (κ2) is 6.49. The number of ketones is 1. The Morgan fingerprint density at radius 3 is 2.32 bits per heavy atom. The maximum atomic E-state index is 14.1. The molecule has 0 aromatic carbocycles. The van der Waals surface area contributed by atoms with E-state index in [0.29, 0.717) is 23.0 Å². The number of rotatable bonds is 0. The van der Waals surface area contributed by atoms with Crippen molar-refractivity contribution in [1.29, 1.82) is 0 Å². The molecule has 5 aliphatic rings. The van der Waals surface area contributed by atoms with Crippen molar-refractivity contribution in [1.82, 2.24) is 0 Å². The summed E-state index contributed by atoms with van der Waals surface area (Å²) >= 11 is 0. The lowest BCUT2D eigenvalue weighted by Gasteiger charge is -2.70. The average Bonchev–Trinajstić information content (AvgIpc) is 2.68. The third-order valence-corrected chi connectivity index (χ3v) is 12.5. The smallest absolute Gasteiger partial charge is 0.159 e. The van der Waals surface area contributed by atoms with Gasteiger partial charge in [-0.25, -0.2) is 0 Å². The highest BCUT2D eigenvalue weighted by atomic mass is 16.3. The third kappa shape index (κ3) is 2.64. The summed E-state index contributed by atoms with van der Waals surface area (Å²) < 4.78 is 0. The van der Waals surface area contributed by atoms with Gasteiger partial charge in [0.05, 0.1) is 6.10 Å². The lowest BCUT2D eigenvalue weighted by molar-refractivity contribution is -0.201. The number of aliphatic hydroxyl groups is 1. The van der Waals surface area contributed by atoms with Gasteiger partial charge in [0.1, 0.15) is 0 Å². The zero-order valence-corrected chi connectivity index (χ0v) is 21.2. The normalized spacial score (nSPS) is 55.9. The zero-order chi connectivity index (χ0) is 22.6. The topological polar surface area (TPSA) is 37.3 Å². The van der Waals surface area contributed by atoms with E-state index >= 15 is 0 Å². The molecule has 0 bridgehead atoms. The van der Waals surface area contributed by atoms with Gasteiger partial charge in [-0.3, -0.25) is 4.79 Å². The SMILES string of the molecule is CC1CC[C@]2(C)CC[C@]3(C)C(=CC(=O)[C@@H]4[C@@]5(C)CC[C@H](O)C(C)(C)C5CC[C@]43C)[C@H]2C1. The molecule has 0 heterocycles. The first-order valence-electron chi connectivity index (χ1n) is 13.2. The van der Waals surface area contributed by atoms with E-state index in [1.165, 1.54) is 37.7 Å². The van der Waals surface area contributed by atoms with Crippen molar-refractivity contribution in [2.75, 3.05) is 0 Å². The quantitative estimate of drug-likeness (QED) is 0.454. The largest absolute Gasteiger partial charge is 0.393 e. The number of allylic oxidation sites excluding steroid dienone is 2. The highest BCUT2D eigenvalue weighted by molar-refractivity contribution is 5.95. The van der Waals surface area contributed by atoms with E-state index in [0.717, 1.165) is 31.6 Å². The highest BCUT2D eigenvalue weighted by Crippen LogP contribution is 2.74. The Hall–Kier alpha value is -0.630. The van der Waals surface area contributed by atoms with Gasteiger partial charge in [-0.1, -0.05) is 60.5 Å². The van der Waals surface area contributed by atoms with E-state index in [1.807, 2.05) is 0 Å². The summed E-state index contributed by atoms with van der Waals surface area (Å²) in [5.74, 6) is 2.32. The Bertz CT molecular complexity index is 825. The van der Waals surface area contributed by atoms with E-state index in [2.05, 4.69) is 54.5 Å². The second-order valence-corrected chi connectivity index (χ2v) is 14.2. The Kier molecular flexibility index (Phi) is 4.64. The van der Waals surface area contributed by atoms with Crippen molar-refractivity contribution in [3.63, 3.8) is 0 Å². The molecule has 0 aromatic rings. The molecule has 0 saturated heterocycles. The molecule has 0 amide bonds. The zero-order valence-electron chi connectivity index (χ0n) is 21.2. The van der Waals surface area contributed by atoms with Crippen LogP contribution in [0.5, 0.6) is 0 Å². The summed E-state index contributed by atoms with van der Waals surface area (Å²) in [6.07, 6.45) is 12.6. The first-order valence-corrected chi connectivity index (χ1v) is 13.2. The fourth-order valence-corrected chi connectivity index (χ4v) is 10.2. The number of hydrogen-bond donors (Lipinski definition) is 1. The minimum absolute atomic E-state index is 0.00153. The fraction of sp³-hybridized carbons (Fsp3) is 0.897. The molecule has 4 saturated carbocycles. The molecule has 1 N–H and O–H groups in total. The van der Waals surface area contributed by atoms with Crippen LogP contribution in [0, 0.1) is 50.7 Å². The van der Waals surface area contributed by atoms with Crippen LogP contribution in [0.25, 0.3) is 0 Å². The summed E-state index contributed by atoms with van der Waals surface area (Å²) in [5.41, 5.74) is 2.00. The van der Waals surface area contributed by atoms with Gasteiger partial charge in [-0.05, 0) is 102 Å². The monoisotopic (exact) mass is 426 g/mol. The Morgan fingerprint density at radius 2 is 1.61 bits per heavy atom. The minimum atomic E-state index is -0.241. The average molecular weight is 427 g/mol. The van der Waals surface area contributed by atoms with Gasteiger partial charge < -0.3 is 5.11 Å². The van der Waals surface area contributed by atoms with Gasteiger partial charge >= 0.3 is 0 Å². The molecule has 0 radical (unpaired) electrons. The predicted molar refractivity (Wildman–Crippen MR) is 126 cm³/mol. The van der Waals surface area contributed by atoms with Crippen molar-refractivity contribution < 1.29 is 9.90 Å². The molecule has 31 heavy (non-hydrogen) atoms. The molecule has 2 nitrogen and oxygen atoms in total. The van der Waals surface area contributed by atoms with Crippen LogP contribution in [0.15, 0.2) is 11.6 Å². The Morgan fingerprint density at radius 1 is 0.903 bits per heavy atom. The highest BCUT2D eigenvalue weighted by Gasteiger charge is 2.69. The standard InChI is InChI=1S/C29H46O2/c1-18-8-11-26(4)14-15-28(6)20(19(26)16-18)17-21(30)24-27(5)12-10-23(31)25(2,3)22(27)9-13-29(24,28)7/h17-19,22-24,31H,8-16H2,1-7H3/t18?,19-,22?,23+,24-,26-,27+,28-,29-/m1/s1. The van der Waals surface area contributed by atoms with Gasteiger partial charge in [0.25, 0.3) is 0 Å². The van der Waals surface area contributed by atoms with Crippen molar-refractivity contribution in [2.24, 2.45) is 50.7 Å². The first-order chi connectivity index (χ1) is 14.3. The number of hydrogen-bond acceptors (Lipinski definition) is 2. The van der Waals surface area contributed by atoms with Gasteiger partial charge in [0.15, 0.2) is 5.78 Å². The number of carbonyl (C=O) groups excluding carboxylic acids is 1. The Balaban J connectivity index is 1.63. The van der Waals surface area contributed by atoms with Crippen LogP contribution in [-0.4, -0.2) is 17.0 Å². The lowest BCUT2D eigenvalue weighted by Crippen LogP contribution is -2.66. The van der Waals surface area contributed by atoms with Crippen molar-refractivity contribution in [3.8, 4) is 0 Å². The first kappa shape index (κ1) is 22.2. The molecule has 4 fully saturated rings. The van der Waals surface area contributed by atoms with Crippen LogP contribution < -0.4 is 0 Å². The summed E-state index contributed by atoms with van der Waals surface area (Å²) in [7, 11) is 0. The molecule has 2 unspecified atom stereocenters. The third-order valence-electron chi connectivity index (χ3n) is 12.5. The van der Waals surface area contributed by atoms with Crippen LogP contribution in [0.2, 0.25) is 0 Å². The van der Waals surface area contributed by atoms with Crippen LogP contribution in [0.3, 0.4) is 0 Å². The molecule has 174 valence electrons. The maximum Gasteiger partial charge on any atom is 0.159 e. The number of aliphatic hydroxyl groups excluding tert-OH is 1. The van der Waals surface area contributed by atoms with Crippen LogP contribution >= 0.6 is 0 Å². The van der Waals surface area contributed by atoms with Crippen molar-refractivity contribution in [2.45, 2.75) is 112 Å². The van der Waals surface area contributed by atoms with E-state index in [1.54, 1.807) is 0 Å². The van der Waals surface area contributed by atoms with Crippen molar-refractivity contribution in [3.05, 3.63) is 11.6 Å². The molecule has 5 rings (SSSR count). The lowest BCUT2D eigenvalue weighted by atomic mass is 9.33. The summed E-state index contributed by atoms with van der Waals surface area (Å²) in [6.45, 7) is 16.9. The molecule has 0 aliphatic heterocycles. The van der Waals surface area contributed by atoms with E-state index in [-0.39, 0.29) is 33.7 Å². The number of fused-ring (bicyclic) bond motifs is 7. The van der Waals surface area contributed by atoms with E-state index in [9.17, 15) is 9.90 Å². The summed E-state index contributed by atoms with van der Waals surface area (Å²) in [5, 5.41) is 10.8. The molecule has 9 atom stereocenters. The second-order valence-electron chi connectivity index (χ2n) is 14.2. The molecule has 5 aliphatic carbocycles. The van der Waals surface area contributed by atoms with Crippen LogP contribution in [-0.2, 0) is 4.79 Å². The fourth-order valence-electron chi connectivity index (χ4n) is 10.2. The van der Waals surface area contributed by atoms with Crippen molar-refractivity contribution >= 4 is 5.78 Å². The Labute approximate surface area is 190 Å². The minimum Gasteiger partial charge on any atom is -0.393 e. The van der Waals surface area contributed by atoms with Gasteiger partial charge in [-0.2, -0.15) is 0 Å². The van der Waals surface area contributed by atoms with Crippen LogP contribution in [0.4, 0.5) is 0 Å². The van der Waals surface area contributed by atoms with E-state index < -0.39 is 0 Å². The van der Waals surface area contributed by atoms with Crippen LogP contribution in [0.1, 0.15) is 106 Å². The maximum absolute atomic E-state index is 14.1. The van der Waals surface area contributed by atoms with Gasteiger partial charge in [-0.15, -0.1) is 0 Å². The molecular formula is C29H46O2. The molecular weight excluding hydrogens is 380 g/mol.